The van der Waals surface area contributed by atoms with Crippen LogP contribution < -0.4 is 10.9 Å². The van der Waals surface area contributed by atoms with Crippen LogP contribution in [0.25, 0.3) is 0 Å². The van der Waals surface area contributed by atoms with Gasteiger partial charge in [0.05, 0.1) is 25.1 Å². The number of alkyl halides is 3. The van der Waals surface area contributed by atoms with Gasteiger partial charge in [0.2, 0.25) is 0 Å². The van der Waals surface area contributed by atoms with Crippen LogP contribution in [-0.2, 0) is 11.3 Å². The fourth-order valence-corrected chi connectivity index (χ4v) is 1.59. The lowest BCUT2D eigenvalue weighted by Crippen LogP contribution is -2.31. The molecule has 0 fully saturated rings. The lowest BCUT2D eigenvalue weighted by molar-refractivity contribution is -0.143. The van der Waals surface area contributed by atoms with Crippen molar-refractivity contribution < 1.29 is 17.9 Å². The smallest absolute Gasteiger partial charge is 0.380 e. The van der Waals surface area contributed by atoms with Gasteiger partial charge in [-0.2, -0.15) is 18.3 Å². The van der Waals surface area contributed by atoms with E-state index in [0.29, 0.717) is 19.8 Å². The molecule has 0 spiro atoms. The van der Waals surface area contributed by atoms with Gasteiger partial charge in [0.15, 0.2) is 0 Å². The van der Waals surface area contributed by atoms with E-state index in [2.05, 4.69) is 17.0 Å². The van der Waals surface area contributed by atoms with Gasteiger partial charge in [0, 0.05) is 6.54 Å². The number of ether oxygens (including phenoxy) is 1. The number of hydrogen-bond donors (Lipinski definition) is 1. The predicted molar refractivity (Wildman–Crippen MR) is 73.7 cm³/mol. The molecule has 0 aliphatic heterocycles. The number of halogens is 4. The van der Waals surface area contributed by atoms with Gasteiger partial charge >= 0.3 is 6.18 Å². The minimum absolute atomic E-state index is 0.166. The molecule has 5 nitrogen and oxygen atoms in total. The van der Waals surface area contributed by atoms with Crippen LogP contribution >= 0.6 is 11.6 Å². The van der Waals surface area contributed by atoms with Crippen molar-refractivity contribution in [1.82, 2.24) is 9.78 Å². The monoisotopic (exact) mass is 325 g/mol. The van der Waals surface area contributed by atoms with Gasteiger partial charge in [0.1, 0.15) is 11.6 Å². The van der Waals surface area contributed by atoms with E-state index in [1.165, 1.54) is 0 Å². The Bertz CT molecular complexity index is 558. The number of aromatic nitrogens is 2. The van der Waals surface area contributed by atoms with Crippen LogP contribution in [0.2, 0.25) is 5.02 Å². The van der Waals surface area contributed by atoms with Crippen LogP contribution in [0.15, 0.2) is 23.1 Å². The van der Waals surface area contributed by atoms with E-state index in [9.17, 15) is 18.0 Å². The highest BCUT2D eigenvalue weighted by molar-refractivity contribution is 6.32. The maximum absolute atomic E-state index is 12.2. The number of rotatable bonds is 7. The number of nitrogens with one attached hydrogen (secondary N) is 1. The topological polar surface area (TPSA) is 56.1 Å². The largest absolute Gasteiger partial charge is 0.408 e. The van der Waals surface area contributed by atoms with Crippen molar-refractivity contribution in [3.63, 3.8) is 0 Å². The summed E-state index contributed by atoms with van der Waals surface area (Å²) in [5.41, 5.74) is 0.0327. The minimum Gasteiger partial charge on any atom is -0.380 e. The summed E-state index contributed by atoms with van der Waals surface area (Å²) in [7, 11) is 0. The molecule has 0 saturated heterocycles. The molecule has 0 aliphatic carbocycles. The average Bonchev–Trinajstić information content (AvgIpc) is 2.35. The van der Waals surface area contributed by atoms with Crippen LogP contribution in [-0.4, -0.2) is 35.7 Å². The summed E-state index contributed by atoms with van der Waals surface area (Å²) in [6, 6.07) is 0. The molecular weight excluding hydrogens is 311 g/mol. The zero-order chi connectivity index (χ0) is 16.0. The van der Waals surface area contributed by atoms with Crippen molar-refractivity contribution >= 4 is 17.3 Å². The quantitative estimate of drug-likeness (QED) is 0.618. The fraction of sp³-hybridized carbons (Fsp3) is 0.500. The summed E-state index contributed by atoms with van der Waals surface area (Å²) in [5, 5.41) is 5.87. The van der Waals surface area contributed by atoms with Crippen molar-refractivity contribution in [2.24, 2.45) is 0 Å². The van der Waals surface area contributed by atoms with Gasteiger partial charge < -0.3 is 10.1 Å². The molecule has 0 aromatic carbocycles. The van der Waals surface area contributed by atoms with Crippen molar-refractivity contribution in [3.8, 4) is 0 Å². The van der Waals surface area contributed by atoms with Crippen LogP contribution in [0.3, 0.4) is 0 Å². The summed E-state index contributed by atoms with van der Waals surface area (Å²) >= 11 is 5.73. The second-order valence-electron chi connectivity index (χ2n) is 4.39. The molecule has 0 bridgehead atoms. The molecule has 1 rings (SSSR count). The van der Waals surface area contributed by atoms with E-state index in [1.54, 1.807) is 0 Å². The van der Waals surface area contributed by atoms with Crippen molar-refractivity contribution in [2.45, 2.75) is 19.6 Å². The second kappa shape index (κ2) is 7.46. The second-order valence-corrected chi connectivity index (χ2v) is 4.76. The van der Waals surface area contributed by atoms with E-state index >= 15 is 0 Å². The first-order chi connectivity index (χ1) is 9.70. The lowest BCUT2D eigenvalue weighted by atomic mass is 10.4. The zero-order valence-corrected chi connectivity index (χ0v) is 12.1. The van der Waals surface area contributed by atoms with E-state index in [-0.39, 0.29) is 15.4 Å². The molecule has 0 unspecified atom stereocenters. The Morgan fingerprint density at radius 1 is 1.57 bits per heavy atom. The van der Waals surface area contributed by atoms with Crippen molar-refractivity contribution in [2.75, 3.05) is 25.1 Å². The minimum atomic E-state index is -4.54. The Labute approximate surface area is 124 Å². The van der Waals surface area contributed by atoms with Gasteiger partial charge in [-0.3, -0.25) is 4.79 Å². The van der Waals surface area contributed by atoms with Crippen molar-refractivity contribution in [1.29, 1.82) is 0 Å². The molecule has 0 amide bonds. The Hall–Kier alpha value is -1.54. The maximum atomic E-state index is 12.2. The van der Waals surface area contributed by atoms with Crippen LogP contribution in [0.5, 0.6) is 0 Å². The molecule has 0 radical (unpaired) electrons. The van der Waals surface area contributed by atoms with E-state index in [0.717, 1.165) is 11.8 Å². The molecule has 1 aromatic heterocycles. The van der Waals surface area contributed by atoms with Gasteiger partial charge in [-0.15, -0.1) is 0 Å². The lowest BCUT2D eigenvalue weighted by Gasteiger charge is -2.11. The molecular formula is C12H15ClF3N3O2. The highest BCUT2D eigenvalue weighted by atomic mass is 35.5. The van der Waals surface area contributed by atoms with Crippen LogP contribution in [0, 0.1) is 0 Å². The van der Waals surface area contributed by atoms with Crippen molar-refractivity contribution in [3.05, 3.63) is 33.7 Å². The maximum Gasteiger partial charge on any atom is 0.408 e. The Morgan fingerprint density at radius 2 is 2.24 bits per heavy atom. The first-order valence-electron chi connectivity index (χ1n) is 5.99. The SMILES string of the molecule is C=C(C)COCCNc1cnn(CC(F)(F)F)c(=O)c1Cl. The number of hydrogen-bond acceptors (Lipinski definition) is 4. The van der Waals surface area contributed by atoms with E-state index in [1.807, 2.05) is 6.92 Å². The molecule has 1 N–H and O–H groups in total. The summed E-state index contributed by atoms with van der Waals surface area (Å²) in [5.74, 6) is 0. The van der Waals surface area contributed by atoms with Gasteiger partial charge in [0.25, 0.3) is 5.56 Å². The van der Waals surface area contributed by atoms with Gasteiger partial charge in [-0.05, 0) is 6.92 Å². The first kappa shape index (κ1) is 17.5. The Morgan fingerprint density at radius 3 is 2.81 bits per heavy atom. The highest BCUT2D eigenvalue weighted by Gasteiger charge is 2.29. The molecule has 1 aromatic rings. The number of anilines is 1. The van der Waals surface area contributed by atoms with Gasteiger partial charge in [-0.1, -0.05) is 23.8 Å². The number of nitrogens with zero attached hydrogens (tertiary/aromatic N) is 2. The van der Waals surface area contributed by atoms with E-state index in [4.69, 9.17) is 16.3 Å². The fourth-order valence-electron chi connectivity index (χ4n) is 1.38. The first-order valence-corrected chi connectivity index (χ1v) is 6.37. The Kier molecular flexibility index (Phi) is 6.22. The zero-order valence-electron chi connectivity index (χ0n) is 11.3. The normalized spacial score (nSPS) is 11.5. The third kappa shape index (κ3) is 6.17. The molecule has 1 heterocycles. The molecule has 0 saturated carbocycles. The average molecular weight is 326 g/mol. The summed E-state index contributed by atoms with van der Waals surface area (Å²) in [6.07, 6.45) is -3.46. The highest BCUT2D eigenvalue weighted by Crippen LogP contribution is 2.18. The van der Waals surface area contributed by atoms with E-state index < -0.39 is 18.3 Å². The summed E-state index contributed by atoms with van der Waals surface area (Å²) in [4.78, 5) is 11.6. The molecule has 118 valence electrons. The third-order valence-electron chi connectivity index (χ3n) is 2.22. The standard InChI is InChI=1S/C12H15ClF3N3O2/c1-8(2)6-21-4-3-17-9-5-18-19(7-12(14,15)16)11(20)10(9)13/h5,17H,1,3-4,6-7H2,2H3. The van der Waals surface area contributed by atoms with Crippen LogP contribution in [0.4, 0.5) is 18.9 Å². The predicted octanol–water partition coefficient (Wildman–Crippen LogP) is 2.46. The van der Waals surface area contributed by atoms with Gasteiger partial charge in [-0.25, -0.2) is 4.68 Å². The molecule has 0 aliphatic rings. The third-order valence-corrected chi connectivity index (χ3v) is 2.59. The molecule has 21 heavy (non-hydrogen) atoms. The summed E-state index contributed by atoms with van der Waals surface area (Å²) in [6.45, 7) is 5.06. The van der Waals surface area contributed by atoms with Crippen LogP contribution in [0.1, 0.15) is 6.92 Å². The Balaban J connectivity index is 2.63. The molecule has 9 heteroatoms. The summed E-state index contributed by atoms with van der Waals surface area (Å²) < 4.78 is 42.2. The molecule has 0 atom stereocenters.